The molecule has 20 heavy (non-hydrogen) atoms. The number of hydrogen-bond acceptors (Lipinski definition) is 3. The molecule has 0 aliphatic heterocycles. The molecular formula is C14H22N2O4. The van der Waals surface area contributed by atoms with Gasteiger partial charge in [0.1, 0.15) is 11.5 Å². The minimum Gasteiger partial charge on any atom is -0.481 e. The van der Waals surface area contributed by atoms with Crippen LogP contribution >= 0.6 is 0 Å². The van der Waals surface area contributed by atoms with Gasteiger partial charge in [-0.3, -0.25) is 4.79 Å². The van der Waals surface area contributed by atoms with Crippen molar-refractivity contribution < 1.29 is 19.1 Å². The summed E-state index contributed by atoms with van der Waals surface area (Å²) in [5, 5.41) is 11.5. The SMILES string of the molecule is Cc1ccc(C(C)NC(=O)N(CCC(=O)O)C(C)C)o1. The molecule has 6 heteroatoms. The second-order valence-corrected chi connectivity index (χ2v) is 5.05. The highest BCUT2D eigenvalue weighted by atomic mass is 16.4. The van der Waals surface area contributed by atoms with Crippen molar-refractivity contribution in [1.82, 2.24) is 10.2 Å². The van der Waals surface area contributed by atoms with Gasteiger partial charge in [0.2, 0.25) is 0 Å². The molecule has 0 fully saturated rings. The summed E-state index contributed by atoms with van der Waals surface area (Å²) in [4.78, 5) is 24.3. The highest BCUT2D eigenvalue weighted by Gasteiger charge is 2.21. The molecular weight excluding hydrogens is 260 g/mol. The van der Waals surface area contributed by atoms with Crippen LogP contribution in [0, 0.1) is 6.92 Å². The maximum Gasteiger partial charge on any atom is 0.318 e. The van der Waals surface area contributed by atoms with Crippen molar-refractivity contribution in [1.29, 1.82) is 0 Å². The van der Waals surface area contributed by atoms with E-state index in [0.717, 1.165) is 5.76 Å². The van der Waals surface area contributed by atoms with E-state index in [4.69, 9.17) is 9.52 Å². The molecule has 1 heterocycles. The van der Waals surface area contributed by atoms with Gasteiger partial charge in [-0.25, -0.2) is 4.79 Å². The Balaban J connectivity index is 2.63. The Hall–Kier alpha value is -1.98. The summed E-state index contributed by atoms with van der Waals surface area (Å²) in [6, 6.07) is 3.03. The summed E-state index contributed by atoms with van der Waals surface area (Å²) < 4.78 is 5.46. The first-order chi connectivity index (χ1) is 9.31. The van der Waals surface area contributed by atoms with Crippen molar-refractivity contribution in [3.63, 3.8) is 0 Å². The standard InChI is InChI=1S/C14H22N2O4/c1-9(2)16(8-7-13(17)18)14(19)15-11(4)12-6-5-10(3)20-12/h5-6,9,11H,7-8H2,1-4H3,(H,15,19)(H,17,18). The van der Waals surface area contributed by atoms with Crippen LogP contribution in [0.5, 0.6) is 0 Å². The number of nitrogens with one attached hydrogen (secondary N) is 1. The van der Waals surface area contributed by atoms with Crippen LogP contribution in [-0.2, 0) is 4.79 Å². The molecule has 1 rings (SSSR count). The van der Waals surface area contributed by atoms with E-state index in [2.05, 4.69) is 5.32 Å². The molecule has 0 aliphatic rings. The molecule has 0 saturated carbocycles. The lowest BCUT2D eigenvalue weighted by Gasteiger charge is -2.27. The molecule has 1 aromatic heterocycles. The second kappa shape index (κ2) is 6.98. The molecule has 1 atom stereocenters. The third-order valence-corrected chi connectivity index (χ3v) is 2.98. The highest BCUT2D eigenvalue weighted by molar-refractivity contribution is 5.76. The summed E-state index contributed by atoms with van der Waals surface area (Å²) >= 11 is 0. The number of amides is 2. The third kappa shape index (κ3) is 4.60. The number of rotatable bonds is 6. The van der Waals surface area contributed by atoms with Crippen LogP contribution in [0.2, 0.25) is 0 Å². The average molecular weight is 282 g/mol. The molecule has 0 spiro atoms. The number of furan rings is 1. The van der Waals surface area contributed by atoms with E-state index in [9.17, 15) is 9.59 Å². The van der Waals surface area contributed by atoms with Crippen LogP contribution in [0.4, 0.5) is 4.79 Å². The molecule has 6 nitrogen and oxygen atoms in total. The fourth-order valence-electron chi connectivity index (χ4n) is 1.84. The number of carboxylic acids is 1. The van der Waals surface area contributed by atoms with Crippen molar-refractivity contribution in [2.24, 2.45) is 0 Å². The van der Waals surface area contributed by atoms with Gasteiger partial charge in [0.05, 0.1) is 12.5 Å². The Bertz CT molecular complexity index is 467. The first-order valence-electron chi connectivity index (χ1n) is 6.66. The van der Waals surface area contributed by atoms with Crippen LogP contribution in [0.1, 0.15) is 44.8 Å². The Morgan fingerprint density at radius 2 is 2.00 bits per heavy atom. The largest absolute Gasteiger partial charge is 0.481 e. The van der Waals surface area contributed by atoms with E-state index < -0.39 is 5.97 Å². The zero-order valence-corrected chi connectivity index (χ0v) is 12.3. The lowest BCUT2D eigenvalue weighted by Crippen LogP contribution is -2.45. The zero-order valence-electron chi connectivity index (χ0n) is 12.3. The Morgan fingerprint density at radius 1 is 1.35 bits per heavy atom. The maximum absolute atomic E-state index is 12.2. The van der Waals surface area contributed by atoms with Gasteiger partial charge in [-0.1, -0.05) is 0 Å². The van der Waals surface area contributed by atoms with Gasteiger partial charge in [0.15, 0.2) is 0 Å². The molecule has 2 amide bonds. The molecule has 1 unspecified atom stereocenters. The van der Waals surface area contributed by atoms with Crippen molar-refractivity contribution in [2.75, 3.05) is 6.54 Å². The van der Waals surface area contributed by atoms with Crippen LogP contribution < -0.4 is 5.32 Å². The highest BCUT2D eigenvalue weighted by Crippen LogP contribution is 2.16. The molecule has 1 aromatic rings. The van der Waals surface area contributed by atoms with Gasteiger partial charge in [0, 0.05) is 12.6 Å². The predicted molar refractivity (Wildman–Crippen MR) is 74.5 cm³/mol. The monoisotopic (exact) mass is 282 g/mol. The number of nitrogens with zero attached hydrogens (tertiary/aromatic N) is 1. The molecule has 2 N–H and O–H groups in total. The lowest BCUT2D eigenvalue weighted by molar-refractivity contribution is -0.137. The van der Waals surface area contributed by atoms with E-state index in [1.54, 1.807) is 0 Å². The van der Waals surface area contributed by atoms with Gasteiger partial charge in [-0.05, 0) is 39.8 Å². The predicted octanol–water partition coefficient (Wildman–Crippen LogP) is 2.54. The average Bonchev–Trinajstić information content (AvgIpc) is 2.75. The quantitative estimate of drug-likeness (QED) is 0.840. The molecule has 0 saturated heterocycles. The first kappa shape index (κ1) is 16.1. The normalized spacial score (nSPS) is 12.2. The minimum atomic E-state index is -0.918. The van der Waals surface area contributed by atoms with Crippen LogP contribution in [0.3, 0.4) is 0 Å². The van der Waals surface area contributed by atoms with Gasteiger partial charge in [-0.15, -0.1) is 0 Å². The first-order valence-corrected chi connectivity index (χ1v) is 6.66. The molecule has 0 radical (unpaired) electrons. The third-order valence-electron chi connectivity index (χ3n) is 2.98. The van der Waals surface area contributed by atoms with Gasteiger partial charge in [-0.2, -0.15) is 0 Å². The van der Waals surface area contributed by atoms with Crippen molar-refractivity contribution >= 4 is 12.0 Å². The van der Waals surface area contributed by atoms with Gasteiger partial charge < -0.3 is 19.7 Å². The van der Waals surface area contributed by atoms with E-state index in [1.165, 1.54) is 4.90 Å². The van der Waals surface area contributed by atoms with Gasteiger partial charge in [0.25, 0.3) is 0 Å². The van der Waals surface area contributed by atoms with Crippen molar-refractivity contribution in [3.8, 4) is 0 Å². The molecule has 0 aromatic carbocycles. The van der Waals surface area contributed by atoms with E-state index in [-0.39, 0.29) is 31.1 Å². The summed E-state index contributed by atoms with van der Waals surface area (Å²) in [6.07, 6.45) is -0.0696. The molecule has 0 aliphatic carbocycles. The fraction of sp³-hybridized carbons (Fsp3) is 0.571. The molecule has 0 bridgehead atoms. The summed E-state index contributed by atoms with van der Waals surface area (Å²) in [5.74, 6) is 0.545. The van der Waals surface area contributed by atoms with Crippen LogP contribution in [-0.4, -0.2) is 34.6 Å². The number of hydrogen-bond donors (Lipinski definition) is 2. The topological polar surface area (TPSA) is 82.8 Å². The van der Waals surface area contributed by atoms with E-state index >= 15 is 0 Å². The number of carboxylic acid groups (broad SMARTS) is 1. The summed E-state index contributed by atoms with van der Waals surface area (Å²) in [6.45, 7) is 7.55. The maximum atomic E-state index is 12.2. The Morgan fingerprint density at radius 3 is 2.45 bits per heavy atom. The number of carbonyl (C=O) groups is 2. The minimum absolute atomic E-state index is 0.0695. The number of urea groups is 1. The Kier molecular flexibility index (Phi) is 5.61. The lowest BCUT2D eigenvalue weighted by atomic mass is 10.2. The molecule has 112 valence electrons. The van der Waals surface area contributed by atoms with Crippen LogP contribution in [0.25, 0.3) is 0 Å². The fourth-order valence-corrected chi connectivity index (χ4v) is 1.84. The van der Waals surface area contributed by atoms with Crippen LogP contribution in [0.15, 0.2) is 16.5 Å². The second-order valence-electron chi connectivity index (χ2n) is 5.05. The van der Waals surface area contributed by atoms with Crippen molar-refractivity contribution in [3.05, 3.63) is 23.7 Å². The number of aliphatic carboxylic acids is 1. The number of aryl methyl sites for hydroxylation is 1. The van der Waals surface area contributed by atoms with E-state index in [0.29, 0.717) is 5.76 Å². The summed E-state index contributed by atoms with van der Waals surface area (Å²) in [7, 11) is 0. The number of carbonyl (C=O) groups excluding carboxylic acids is 1. The zero-order chi connectivity index (χ0) is 15.3. The van der Waals surface area contributed by atoms with Gasteiger partial charge >= 0.3 is 12.0 Å². The smallest absolute Gasteiger partial charge is 0.318 e. The summed E-state index contributed by atoms with van der Waals surface area (Å²) in [5.41, 5.74) is 0. The Labute approximate surface area is 118 Å². The van der Waals surface area contributed by atoms with Crippen molar-refractivity contribution in [2.45, 2.75) is 46.2 Å². The van der Waals surface area contributed by atoms with E-state index in [1.807, 2.05) is 39.8 Å².